The Bertz CT molecular complexity index is 1240. The average Bonchev–Trinajstić information content (AvgIpc) is 2.74. The molecule has 0 atom stereocenters. The molecule has 0 fully saturated rings. The highest BCUT2D eigenvalue weighted by atomic mass is 79.9. The summed E-state index contributed by atoms with van der Waals surface area (Å²) in [6.07, 6.45) is 0. The van der Waals surface area contributed by atoms with Gasteiger partial charge in [-0.3, -0.25) is 0 Å². The van der Waals surface area contributed by atoms with Crippen molar-refractivity contribution in [2.45, 2.75) is 0 Å². The van der Waals surface area contributed by atoms with E-state index in [9.17, 15) is 0 Å². The molecule has 0 spiro atoms. The molecule has 2 heterocycles. The van der Waals surface area contributed by atoms with Gasteiger partial charge in [-0.25, -0.2) is 9.97 Å². The van der Waals surface area contributed by atoms with Crippen molar-refractivity contribution in [3.63, 3.8) is 0 Å². The zero-order chi connectivity index (χ0) is 19.1. The third-order valence-electron chi connectivity index (χ3n) is 4.81. The molecule has 0 bridgehead atoms. The largest absolute Gasteiger partial charge is 0.248 e. The maximum atomic E-state index is 4.92. The van der Waals surface area contributed by atoms with E-state index in [1.54, 1.807) is 0 Å². The predicted octanol–water partition coefficient (Wildman–Crippen LogP) is 7.64. The molecular formula is C24H14Br2N2. The summed E-state index contributed by atoms with van der Waals surface area (Å²) in [5.74, 6) is 0. The molecule has 0 unspecified atom stereocenters. The molecule has 28 heavy (non-hydrogen) atoms. The Morgan fingerprint density at radius 2 is 0.893 bits per heavy atom. The maximum Gasteiger partial charge on any atom is 0.0728 e. The van der Waals surface area contributed by atoms with Crippen LogP contribution in [0.3, 0.4) is 0 Å². The standard InChI is InChI=1S/C24H14Br2N2/c25-17-11-12-18(26)24(22-14-10-16-6-2-4-8-20(16)28-22)23(17)21-13-9-15-5-1-3-7-19(15)27-21/h1-14H. The normalized spacial score (nSPS) is 11.2. The molecule has 0 amide bonds. The highest BCUT2D eigenvalue weighted by Gasteiger charge is 2.17. The average molecular weight is 490 g/mol. The van der Waals surface area contributed by atoms with E-state index in [0.29, 0.717) is 0 Å². The van der Waals surface area contributed by atoms with E-state index in [1.165, 1.54) is 0 Å². The van der Waals surface area contributed by atoms with Crippen LogP contribution in [-0.2, 0) is 0 Å². The van der Waals surface area contributed by atoms with E-state index >= 15 is 0 Å². The van der Waals surface area contributed by atoms with E-state index in [4.69, 9.17) is 9.97 Å². The van der Waals surface area contributed by atoms with Gasteiger partial charge in [0.1, 0.15) is 0 Å². The van der Waals surface area contributed by atoms with Gasteiger partial charge in [0.25, 0.3) is 0 Å². The van der Waals surface area contributed by atoms with Crippen LogP contribution in [0, 0.1) is 0 Å². The number of aromatic nitrogens is 2. The molecule has 0 N–H and O–H groups in total. The minimum Gasteiger partial charge on any atom is -0.248 e. The monoisotopic (exact) mass is 488 g/mol. The lowest BCUT2D eigenvalue weighted by molar-refractivity contribution is 1.35. The summed E-state index contributed by atoms with van der Waals surface area (Å²) >= 11 is 7.48. The third kappa shape index (κ3) is 3.03. The van der Waals surface area contributed by atoms with Crippen LogP contribution in [0.1, 0.15) is 0 Å². The smallest absolute Gasteiger partial charge is 0.0728 e. The molecule has 0 aliphatic rings. The van der Waals surface area contributed by atoms with Crippen molar-refractivity contribution in [2.24, 2.45) is 0 Å². The molecule has 3 aromatic carbocycles. The predicted molar refractivity (Wildman–Crippen MR) is 123 cm³/mol. The molecule has 0 aliphatic heterocycles. The number of hydrogen-bond donors (Lipinski definition) is 0. The summed E-state index contributed by atoms with van der Waals surface area (Å²) in [7, 11) is 0. The van der Waals surface area contributed by atoms with E-state index in [2.05, 4.69) is 68.3 Å². The summed E-state index contributed by atoms with van der Waals surface area (Å²) in [5, 5.41) is 2.26. The summed E-state index contributed by atoms with van der Waals surface area (Å²) in [4.78, 5) is 9.83. The quantitative estimate of drug-likeness (QED) is 0.254. The lowest BCUT2D eigenvalue weighted by Crippen LogP contribution is -1.94. The zero-order valence-corrected chi connectivity index (χ0v) is 17.9. The summed E-state index contributed by atoms with van der Waals surface area (Å²) in [6.45, 7) is 0. The zero-order valence-electron chi connectivity index (χ0n) is 14.7. The maximum absolute atomic E-state index is 4.92. The molecule has 0 radical (unpaired) electrons. The molecule has 2 nitrogen and oxygen atoms in total. The number of rotatable bonds is 2. The van der Waals surface area contributed by atoms with E-state index < -0.39 is 0 Å². The number of para-hydroxylation sites is 2. The van der Waals surface area contributed by atoms with Crippen LogP contribution < -0.4 is 0 Å². The fourth-order valence-corrected chi connectivity index (χ4v) is 4.53. The van der Waals surface area contributed by atoms with E-state index in [-0.39, 0.29) is 0 Å². The Labute approximate surface area is 179 Å². The SMILES string of the molecule is Brc1ccc(Br)c(-c2ccc3ccccc3n2)c1-c1ccc2ccccc2n1. The van der Waals surface area contributed by atoms with Crippen molar-refractivity contribution in [1.82, 2.24) is 9.97 Å². The van der Waals surface area contributed by atoms with Crippen molar-refractivity contribution >= 4 is 53.7 Å². The first-order valence-corrected chi connectivity index (χ1v) is 10.5. The third-order valence-corrected chi connectivity index (χ3v) is 6.13. The molecule has 134 valence electrons. The first kappa shape index (κ1) is 17.5. The molecule has 5 aromatic rings. The Hall–Kier alpha value is -2.56. The van der Waals surface area contributed by atoms with Crippen LogP contribution in [0.5, 0.6) is 0 Å². The molecule has 5 rings (SSSR count). The minimum atomic E-state index is 0.914. The van der Waals surface area contributed by atoms with Gasteiger partial charge in [0.05, 0.1) is 22.4 Å². The van der Waals surface area contributed by atoms with Crippen LogP contribution in [0.15, 0.2) is 93.9 Å². The second kappa shape index (κ2) is 7.12. The summed E-state index contributed by atoms with van der Waals surface area (Å²) < 4.78 is 1.98. The van der Waals surface area contributed by atoms with Crippen molar-refractivity contribution < 1.29 is 0 Å². The molecule has 4 heteroatoms. The second-order valence-corrected chi connectivity index (χ2v) is 8.27. The highest BCUT2D eigenvalue weighted by molar-refractivity contribution is 9.11. The van der Waals surface area contributed by atoms with Gasteiger partial charge in [-0.05, 0) is 36.4 Å². The lowest BCUT2D eigenvalue weighted by atomic mass is 9.99. The molecule has 0 saturated carbocycles. The fraction of sp³-hybridized carbons (Fsp3) is 0. The summed E-state index contributed by atoms with van der Waals surface area (Å²) in [6, 6.07) is 28.8. The van der Waals surface area contributed by atoms with Gasteiger partial charge < -0.3 is 0 Å². The van der Waals surface area contributed by atoms with Crippen molar-refractivity contribution in [2.75, 3.05) is 0 Å². The number of nitrogens with zero attached hydrogens (tertiary/aromatic N) is 2. The van der Waals surface area contributed by atoms with Crippen molar-refractivity contribution in [3.8, 4) is 22.5 Å². The summed E-state index contributed by atoms with van der Waals surface area (Å²) in [5.41, 5.74) is 5.84. The second-order valence-electron chi connectivity index (χ2n) is 6.56. The molecule has 0 aliphatic carbocycles. The number of hydrogen-bond acceptors (Lipinski definition) is 2. The Balaban J connectivity index is 1.79. The topological polar surface area (TPSA) is 25.8 Å². The van der Waals surface area contributed by atoms with Gasteiger partial charge in [0.15, 0.2) is 0 Å². The Morgan fingerprint density at radius 1 is 0.464 bits per heavy atom. The van der Waals surface area contributed by atoms with Crippen LogP contribution >= 0.6 is 31.9 Å². The number of pyridine rings is 2. The van der Waals surface area contributed by atoms with Crippen LogP contribution in [-0.4, -0.2) is 9.97 Å². The number of fused-ring (bicyclic) bond motifs is 2. The van der Waals surface area contributed by atoms with Crippen molar-refractivity contribution in [1.29, 1.82) is 0 Å². The van der Waals surface area contributed by atoms with Crippen LogP contribution in [0.25, 0.3) is 44.3 Å². The van der Waals surface area contributed by atoms with Crippen LogP contribution in [0.2, 0.25) is 0 Å². The lowest BCUT2D eigenvalue weighted by Gasteiger charge is -2.14. The first-order chi connectivity index (χ1) is 13.7. The van der Waals surface area contributed by atoms with Gasteiger partial charge in [0, 0.05) is 30.8 Å². The Kier molecular flexibility index (Phi) is 4.46. The van der Waals surface area contributed by atoms with Crippen LogP contribution in [0.4, 0.5) is 0 Å². The van der Waals surface area contributed by atoms with Crippen molar-refractivity contribution in [3.05, 3.63) is 93.9 Å². The molecule has 2 aromatic heterocycles. The van der Waals surface area contributed by atoms with Gasteiger partial charge in [-0.15, -0.1) is 0 Å². The van der Waals surface area contributed by atoms with E-state index in [1.807, 2.05) is 48.5 Å². The molecule has 0 saturated heterocycles. The highest BCUT2D eigenvalue weighted by Crippen LogP contribution is 2.41. The van der Waals surface area contributed by atoms with Gasteiger partial charge in [-0.1, -0.05) is 80.4 Å². The fourth-order valence-electron chi connectivity index (χ4n) is 3.46. The van der Waals surface area contributed by atoms with Gasteiger partial charge in [0.2, 0.25) is 0 Å². The first-order valence-electron chi connectivity index (χ1n) is 8.91. The van der Waals surface area contributed by atoms with Gasteiger partial charge >= 0.3 is 0 Å². The van der Waals surface area contributed by atoms with Gasteiger partial charge in [-0.2, -0.15) is 0 Å². The molecular weight excluding hydrogens is 476 g/mol. The van der Waals surface area contributed by atoms with E-state index in [0.717, 1.165) is 53.3 Å². The Morgan fingerprint density at radius 3 is 1.36 bits per heavy atom. The minimum absolute atomic E-state index is 0.914. The number of benzene rings is 3. The number of halogens is 2.